The molecule has 0 saturated heterocycles. The van der Waals surface area contributed by atoms with E-state index in [0.29, 0.717) is 12.8 Å². The number of rotatable bonds is 0. The molecule has 1 aliphatic rings. The summed E-state index contributed by atoms with van der Waals surface area (Å²) in [7, 11) is 0. The third kappa shape index (κ3) is 1.78. The molecule has 1 fully saturated rings. The summed E-state index contributed by atoms with van der Waals surface area (Å²) in [5.41, 5.74) is 3.33. The third-order valence-corrected chi connectivity index (χ3v) is 2.60. The fourth-order valence-electron chi connectivity index (χ4n) is 1.58. The van der Waals surface area contributed by atoms with Gasteiger partial charge in [-0.15, -0.1) is 0 Å². The normalized spacial score (nSPS) is 35.5. The molecule has 1 saturated carbocycles. The average Bonchev–Trinajstić information content (AvgIpc) is 2.04. The highest BCUT2D eigenvalue weighted by Gasteiger charge is 2.62. The van der Waals surface area contributed by atoms with Gasteiger partial charge in [-0.05, 0) is 12.8 Å². The lowest BCUT2D eigenvalue weighted by atomic mass is 9.80. The molecule has 0 aliphatic heterocycles. The van der Waals surface area contributed by atoms with Gasteiger partial charge in [0.2, 0.25) is 0 Å². The molecule has 1 rings (SSSR count). The van der Waals surface area contributed by atoms with Gasteiger partial charge in [0.05, 0.1) is 0 Å². The Morgan fingerprint density at radius 2 is 1.77 bits per heavy atom. The number of alkyl halides is 3. The van der Waals surface area contributed by atoms with E-state index in [9.17, 15) is 13.2 Å². The van der Waals surface area contributed by atoms with Crippen LogP contribution in [0.3, 0.4) is 0 Å². The van der Waals surface area contributed by atoms with Gasteiger partial charge in [-0.3, -0.25) is 0 Å². The first-order valence-electron chi connectivity index (χ1n) is 4.12. The van der Waals surface area contributed by atoms with Crippen molar-refractivity contribution in [2.24, 2.45) is 5.73 Å². The van der Waals surface area contributed by atoms with E-state index in [-0.39, 0.29) is 18.9 Å². The molecule has 13 heavy (non-hydrogen) atoms. The second-order valence-corrected chi connectivity index (χ2v) is 3.48. The van der Waals surface area contributed by atoms with E-state index < -0.39 is 11.7 Å². The summed E-state index contributed by atoms with van der Waals surface area (Å²) in [6.07, 6.45) is -4.12. The molecule has 5 heteroatoms. The van der Waals surface area contributed by atoms with Crippen LogP contribution in [0.15, 0.2) is 0 Å². The molecule has 0 aromatic carbocycles. The van der Waals surface area contributed by atoms with E-state index in [0.717, 1.165) is 0 Å². The minimum absolute atomic E-state index is 0.152. The fraction of sp³-hybridized carbons (Fsp3) is 0.875. The lowest BCUT2D eigenvalue weighted by Gasteiger charge is -2.30. The van der Waals surface area contributed by atoms with Crippen LogP contribution in [0.2, 0.25) is 0 Å². The van der Waals surface area contributed by atoms with Crippen molar-refractivity contribution in [1.82, 2.24) is 0 Å². The fourth-order valence-corrected chi connectivity index (χ4v) is 1.58. The summed E-state index contributed by atoms with van der Waals surface area (Å²) in [5.74, 6) is 0. The molecule has 0 radical (unpaired) electrons. The third-order valence-electron chi connectivity index (χ3n) is 2.60. The van der Waals surface area contributed by atoms with Gasteiger partial charge in [-0.1, -0.05) is 0 Å². The van der Waals surface area contributed by atoms with E-state index in [2.05, 4.69) is 4.85 Å². The first-order valence-corrected chi connectivity index (χ1v) is 4.12. The molecule has 0 spiro atoms. The molecular formula is C8H11F3N2. The van der Waals surface area contributed by atoms with Gasteiger partial charge in [0.25, 0.3) is 0 Å². The van der Waals surface area contributed by atoms with E-state index >= 15 is 0 Å². The lowest BCUT2D eigenvalue weighted by Crippen LogP contribution is -2.47. The molecule has 74 valence electrons. The van der Waals surface area contributed by atoms with Crippen LogP contribution in [-0.2, 0) is 0 Å². The summed E-state index contributed by atoms with van der Waals surface area (Å²) in [6.45, 7) is 6.63. The van der Waals surface area contributed by atoms with Gasteiger partial charge >= 0.3 is 11.7 Å². The van der Waals surface area contributed by atoms with Gasteiger partial charge < -0.3 is 10.6 Å². The zero-order chi connectivity index (χ0) is 10.1. The molecule has 2 nitrogen and oxygen atoms in total. The maximum absolute atomic E-state index is 12.5. The van der Waals surface area contributed by atoms with Gasteiger partial charge in [0.1, 0.15) is 0 Å². The first-order chi connectivity index (χ1) is 5.91. The van der Waals surface area contributed by atoms with Crippen molar-refractivity contribution in [2.45, 2.75) is 43.4 Å². The highest BCUT2D eigenvalue weighted by atomic mass is 19.4. The Hall–Kier alpha value is -0.760. The smallest absolute Gasteiger partial charge is 0.328 e. The first kappa shape index (κ1) is 10.3. The van der Waals surface area contributed by atoms with Crippen LogP contribution in [0.5, 0.6) is 0 Å². The number of hydrogen-bond donors (Lipinski definition) is 1. The minimum atomic E-state index is -4.41. The lowest BCUT2D eigenvalue weighted by molar-refractivity contribution is -0.181. The number of hydrogen-bond acceptors (Lipinski definition) is 1. The van der Waals surface area contributed by atoms with Gasteiger partial charge in [0.15, 0.2) is 0 Å². The molecule has 0 unspecified atom stereocenters. The highest BCUT2D eigenvalue weighted by molar-refractivity contribution is 5.07. The minimum Gasteiger partial charge on any atom is -0.328 e. The average molecular weight is 192 g/mol. The number of nitrogens with two attached hydrogens (primary N) is 1. The van der Waals surface area contributed by atoms with Crippen LogP contribution >= 0.6 is 0 Å². The molecular weight excluding hydrogens is 181 g/mol. The molecule has 2 N–H and O–H groups in total. The Balaban J connectivity index is 2.80. The Kier molecular flexibility index (Phi) is 2.53. The molecule has 0 amide bonds. The highest BCUT2D eigenvalue weighted by Crippen LogP contribution is 2.44. The summed E-state index contributed by atoms with van der Waals surface area (Å²) in [4.78, 5) is 2.75. The van der Waals surface area contributed by atoms with Crippen LogP contribution in [0.4, 0.5) is 13.2 Å². The second-order valence-electron chi connectivity index (χ2n) is 3.48. The Morgan fingerprint density at radius 1 is 1.31 bits per heavy atom. The Bertz CT molecular complexity index is 221. The van der Waals surface area contributed by atoms with Crippen molar-refractivity contribution in [3.05, 3.63) is 11.4 Å². The second kappa shape index (κ2) is 3.18. The standard InChI is InChI=1S/C8H11F3N2/c1-13-7(8(9,10)11)4-2-6(12)3-5-7/h6H,2-5,12H2. The maximum Gasteiger partial charge on any atom is 0.468 e. The SMILES string of the molecule is [C-]#[N+]C1(C(F)(F)F)CCC(N)CC1. The van der Waals surface area contributed by atoms with Gasteiger partial charge in [-0.25, -0.2) is 6.57 Å². The quantitative estimate of drug-likeness (QED) is 0.585. The molecule has 0 aromatic heterocycles. The van der Waals surface area contributed by atoms with Crippen LogP contribution in [-0.4, -0.2) is 17.8 Å². The van der Waals surface area contributed by atoms with Crippen molar-refractivity contribution in [1.29, 1.82) is 0 Å². The largest absolute Gasteiger partial charge is 0.468 e. The zero-order valence-corrected chi connectivity index (χ0v) is 7.06. The number of nitrogens with zero attached hydrogens (tertiary/aromatic N) is 1. The van der Waals surface area contributed by atoms with Crippen LogP contribution < -0.4 is 5.73 Å². The van der Waals surface area contributed by atoms with Gasteiger partial charge in [-0.2, -0.15) is 13.2 Å². The van der Waals surface area contributed by atoms with Crippen LogP contribution in [0.1, 0.15) is 25.7 Å². The predicted molar refractivity (Wildman–Crippen MR) is 41.8 cm³/mol. The summed E-state index contributed by atoms with van der Waals surface area (Å²) in [5, 5.41) is 0. The summed E-state index contributed by atoms with van der Waals surface area (Å²) in [6, 6.07) is -0.169. The van der Waals surface area contributed by atoms with Crippen LogP contribution in [0.25, 0.3) is 4.85 Å². The molecule has 0 bridgehead atoms. The van der Waals surface area contributed by atoms with E-state index in [1.54, 1.807) is 0 Å². The molecule has 0 heterocycles. The van der Waals surface area contributed by atoms with Crippen molar-refractivity contribution in [2.75, 3.05) is 0 Å². The Morgan fingerprint density at radius 3 is 2.08 bits per heavy atom. The van der Waals surface area contributed by atoms with E-state index in [1.165, 1.54) is 0 Å². The monoisotopic (exact) mass is 192 g/mol. The zero-order valence-electron chi connectivity index (χ0n) is 7.06. The number of halogens is 3. The van der Waals surface area contributed by atoms with Gasteiger partial charge in [0, 0.05) is 18.9 Å². The molecule has 1 aliphatic carbocycles. The van der Waals surface area contributed by atoms with Crippen LogP contribution in [0, 0.1) is 6.57 Å². The topological polar surface area (TPSA) is 30.4 Å². The Labute approximate surface area is 74.7 Å². The molecule has 0 aromatic rings. The van der Waals surface area contributed by atoms with E-state index in [4.69, 9.17) is 12.3 Å². The van der Waals surface area contributed by atoms with E-state index in [1.807, 2.05) is 0 Å². The maximum atomic E-state index is 12.5. The summed E-state index contributed by atoms with van der Waals surface area (Å²) >= 11 is 0. The van der Waals surface area contributed by atoms with Crippen molar-refractivity contribution >= 4 is 0 Å². The van der Waals surface area contributed by atoms with Crippen molar-refractivity contribution < 1.29 is 13.2 Å². The molecule has 0 atom stereocenters. The summed E-state index contributed by atoms with van der Waals surface area (Å²) < 4.78 is 37.4. The van der Waals surface area contributed by atoms with Crippen molar-refractivity contribution in [3.63, 3.8) is 0 Å². The van der Waals surface area contributed by atoms with Crippen molar-refractivity contribution in [3.8, 4) is 0 Å². The predicted octanol–water partition coefficient (Wildman–Crippen LogP) is 2.11.